The molecule has 0 aliphatic carbocycles. The van der Waals surface area contributed by atoms with Crippen LogP contribution >= 0.6 is 0 Å². The van der Waals surface area contributed by atoms with Crippen molar-refractivity contribution >= 4 is 16.9 Å². The van der Waals surface area contributed by atoms with Crippen LogP contribution in [0.5, 0.6) is 0 Å². The van der Waals surface area contributed by atoms with Crippen molar-refractivity contribution < 1.29 is 9.21 Å². The molecule has 24 heavy (non-hydrogen) atoms. The van der Waals surface area contributed by atoms with E-state index in [1.54, 1.807) is 0 Å². The van der Waals surface area contributed by atoms with Gasteiger partial charge in [-0.1, -0.05) is 18.6 Å². The average Bonchev–Trinajstić information content (AvgIpc) is 2.91. The highest BCUT2D eigenvalue weighted by atomic mass is 16.3. The van der Waals surface area contributed by atoms with Crippen molar-refractivity contribution in [3.05, 3.63) is 34.6 Å². The number of nitrogens with one attached hydrogen (secondary N) is 1. The van der Waals surface area contributed by atoms with E-state index in [0.717, 1.165) is 47.3 Å². The zero-order valence-electron chi connectivity index (χ0n) is 15.2. The molecule has 1 N–H and O–H groups in total. The Labute approximate surface area is 144 Å². The minimum absolute atomic E-state index is 0.105. The molecule has 0 saturated carbocycles. The number of carbonyl (C=O) groups excluding carboxylic acids is 1. The van der Waals surface area contributed by atoms with Gasteiger partial charge in [0, 0.05) is 23.5 Å². The van der Waals surface area contributed by atoms with Crippen molar-refractivity contribution in [2.75, 3.05) is 19.6 Å². The van der Waals surface area contributed by atoms with Crippen LogP contribution in [0.3, 0.4) is 0 Å². The molecule has 1 atom stereocenters. The van der Waals surface area contributed by atoms with Crippen LogP contribution in [-0.2, 0) is 0 Å². The molecule has 2 heterocycles. The van der Waals surface area contributed by atoms with Gasteiger partial charge in [0.25, 0.3) is 5.91 Å². The lowest BCUT2D eigenvalue weighted by molar-refractivity contribution is 0.0899. The zero-order chi connectivity index (χ0) is 17.3. The average molecular weight is 328 g/mol. The smallest absolute Gasteiger partial charge is 0.287 e. The number of hydrogen-bond donors (Lipinski definition) is 1. The summed E-state index contributed by atoms with van der Waals surface area (Å²) in [6.07, 6.45) is 3.86. The molecule has 3 rings (SSSR count). The first kappa shape index (κ1) is 17.0. The van der Waals surface area contributed by atoms with Crippen LogP contribution in [0.1, 0.15) is 53.4 Å². The summed E-state index contributed by atoms with van der Waals surface area (Å²) in [5.41, 5.74) is 3.99. The molecule has 1 unspecified atom stereocenters. The Morgan fingerprint density at radius 1 is 1.17 bits per heavy atom. The molecule has 130 valence electrons. The molecule has 0 radical (unpaired) electrons. The second-order valence-corrected chi connectivity index (χ2v) is 7.20. The van der Waals surface area contributed by atoms with Crippen molar-refractivity contribution in [1.29, 1.82) is 0 Å². The normalized spacial score (nSPS) is 17.2. The van der Waals surface area contributed by atoms with Gasteiger partial charge in [0.1, 0.15) is 5.58 Å². The highest BCUT2D eigenvalue weighted by molar-refractivity contribution is 6.00. The fraction of sp³-hybridized carbons (Fsp3) is 0.550. The number of nitrogens with zero attached hydrogens (tertiary/aromatic N) is 1. The number of likely N-dealkylation sites (tertiary alicyclic amines) is 1. The Kier molecular flexibility index (Phi) is 4.95. The van der Waals surface area contributed by atoms with E-state index in [1.165, 1.54) is 19.3 Å². The van der Waals surface area contributed by atoms with Crippen molar-refractivity contribution in [3.63, 3.8) is 0 Å². The first-order chi connectivity index (χ1) is 11.5. The number of aryl methyl sites for hydroxylation is 3. The van der Waals surface area contributed by atoms with Crippen LogP contribution < -0.4 is 5.32 Å². The van der Waals surface area contributed by atoms with Crippen molar-refractivity contribution in [3.8, 4) is 0 Å². The van der Waals surface area contributed by atoms with Gasteiger partial charge in [-0.05, 0) is 64.8 Å². The Hall–Kier alpha value is -1.81. The lowest BCUT2D eigenvalue weighted by atomic mass is 10.0. The molecular weight excluding hydrogens is 300 g/mol. The quantitative estimate of drug-likeness (QED) is 0.924. The zero-order valence-corrected chi connectivity index (χ0v) is 15.2. The maximum atomic E-state index is 12.7. The monoisotopic (exact) mass is 328 g/mol. The summed E-state index contributed by atoms with van der Waals surface area (Å²) in [5.74, 6) is 0.347. The van der Waals surface area contributed by atoms with Crippen molar-refractivity contribution in [2.45, 2.75) is 53.0 Å². The van der Waals surface area contributed by atoms with E-state index in [-0.39, 0.29) is 11.9 Å². The van der Waals surface area contributed by atoms with Gasteiger partial charge in [0.05, 0.1) is 0 Å². The Bertz CT molecular complexity index is 742. The first-order valence-corrected chi connectivity index (χ1v) is 9.00. The van der Waals surface area contributed by atoms with Gasteiger partial charge in [0.15, 0.2) is 5.76 Å². The van der Waals surface area contributed by atoms with E-state index in [0.29, 0.717) is 5.76 Å². The van der Waals surface area contributed by atoms with E-state index in [1.807, 2.05) is 19.9 Å². The minimum Gasteiger partial charge on any atom is -0.450 e. The van der Waals surface area contributed by atoms with Gasteiger partial charge in [-0.15, -0.1) is 0 Å². The summed E-state index contributed by atoms with van der Waals surface area (Å²) < 4.78 is 5.94. The third-order valence-corrected chi connectivity index (χ3v) is 5.05. The SMILES string of the molecule is Cc1ccc(C)c2c(C)c(C(=O)NC(C)CN3CCCCC3)oc12. The predicted octanol–water partition coefficient (Wildman–Crippen LogP) is 3.96. The number of hydrogen-bond acceptors (Lipinski definition) is 3. The summed E-state index contributed by atoms with van der Waals surface area (Å²) >= 11 is 0. The van der Waals surface area contributed by atoms with Gasteiger partial charge < -0.3 is 14.6 Å². The molecule has 1 aromatic heterocycles. The van der Waals surface area contributed by atoms with Crippen LogP contribution in [0.25, 0.3) is 11.0 Å². The molecule has 1 aromatic carbocycles. The number of fused-ring (bicyclic) bond motifs is 1. The summed E-state index contributed by atoms with van der Waals surface area (Å²) in [6, 6.07) is 4.24. The maximum Gasteiger partial charge on any atom is 0.287 e. The van der Waals surface area contributed by atoms with Crippen LogP contribution in [0.4, 0.5) is 0 Å². The number of carbonyl (C=O) groups is 1. The van der Waals surface area contributed by atoms with Crippen LogP contribution in [0.15, 0.2) is 16.5 Å². The van der Waals surface area contributed by atoms with Crippen molar-refractivity contribution in [2.24, 2.45) is 0 Å². The Morgan fingerprint density at radius 3 is 2.50 bits per heavy atom. The largest absolute Gasteiger partial charge is 0.450 e. The number of amides is 1. The third kappa shape index (κ3) is 3.34. The number of rotatable bonds is 4. The van der Waals surface area contributed by atoms with E-state index >= 15 is 0 Å². The number of furan rings is 1. The number of benzene rings is 1. The van der Waals surface area contributed by atoms with E-state index in [4.69, 9.17) is 4.42 Å². The molecule has 1 aliphatic rings. The second kappa shape index (κ2) is 6.98. The molecule has 1 amide bonds. The van der Waals surface area contributed by atoms with Gasteiger partial charge in [0.2, 0.25) is 0 Å². The van der Waals surface area contributed by atoms with Crippen LogP contribution in [-0.4, -0.2) is 36.5 Å². The van der Waals surface area contributed by atoms with Gasteiger partial charge in [-0.3, -0.25) is 4.79 Å². The molecule has 1 aliphatic heterocycles. The molecule has 4 nitrogen and oxygen atoms in total. The molecule has 4 heteroatoms. The minimum atomic E-state index is -0.105. The highest BCUT2D eigenvalue weighted by Crippen LogP contribution is 2.30. The lowest BCUT2D eigenvalue weighted by Crippen LogP contribution is -2.43. The van der Waals surface area contributed by atoms with Crippen LogP contribution in [0, 0.1) is 20.8 Å². The third-order valence-electron chi connectivity index (χ3n) is 5.05. The molecular formula is C20H28N2O2. The fourth-order valence-electron chi connectivity index (χ4n) is 3.76. The first-order valence-electron chi connectivity index (χ1n) is 9.00. The summed E-state index contributed by atoms with van der Waals surface area (Å²) in [4.78, 5) is 15.1. The van der Waals surface area contributed by atoms with Crippen molar-refractivity contribution in [1.82, 2.24) is 10.2 Å². The molecule has 2 aromatic rings. The molecule has 1 fully saturated rings. The molecule has 0 spiro atoms. The molecule has 1 saturated heterocycles. The predicted molar refractivity (Wildman–Crippen MR) is 97.6 cm³/mol. The van der Waals surface area contributed by atoms with Crippen LogP contribution in [0.2, 0.25) is 0 Å². The summed E-state index contributed by atoms with van der Waals surface area (Å²) in [6.45, 7) is 11.3. The standard InChI is InChI=1S/C20H28N2O2/c1-13-8-9-14(2)18-17(13)16(4)19(24-18)20(23)21-15(3)12-22-10-6-5-7-11-22/h8-9,15H,5-7,10-12H2,1-4H3,(H,21,23). The fourth-order valence-corrected chi connectivity index (χ4v) is 3.76. The second-order valence-electron chi connectivity index (χ2n) is 7.20. The van der Waals surface area contributed by atoms with E-state index < -0.39 is 0 Å². The number of piperidine rings is 1. The topological polar surface area (TPSA) is 45.5 Å². The highest BCUT2D eigenvalue weighted by Gasteiger charge is 2.22. The summed E-state index contributed by atoms with van der Waals surface area (Å²) in [7, 11) is 0. The van der Waals surface area contributed by atoms with Gasteiger partial charge in [-0.25, -0.2) is 0 Å². The maximum absolute atomic E-state index is 12.7. The van der Waals surface area contributed by atoms with Gasteiger partial charge >= 0.3 is 0 Å². The van der Waals surface area contributed by atoms with E-state index in [9.17, 15) is 4.79 Å². The Morgan fingerprint density at radius 2 is 1.83 bits per heavy atom. The lowest BCUT2D eigenvalue weighted by Gasteiger charge is -2.29. The van der Waals surface area contributed by atoms with E-state index in [2.05, 4.69) is 30.1 Å². The summed E-state index contributed by atoms with van der Waals surface area (Å²) in [5, 5.41) is 4.18. The Balaban J connectivity index is 1.75. The molecule has 0 bridgehead atoms. The van der Waals surface area contributed by atoms with Gasteiger partial charge in [-0.2, -0.15) is 0 Å².